The monoisotopic (exact) mass is 1380 g/mol. The molecule has 9 rings (SSSR count). The standard InChI is InChI=1S/C79H97IO13/c1-3-5-6-7-8-9-10-11-12-13-14-36-51-84-77-75(90-58-67-49-34-21-35-50-67)72(87-55-64-43-28-18-29-44-64)70(86-54-63-41-26-17-27-42-63)69(92-77)60-91-79(78(81)83-4-2)76(80)74(89-57-66-47-32-20-33-48-66)73(88-56-65-45-30-19-31-46-65)71(93-79)68(85-53-62-39-24-16-25-40-62)59-82-52-61-37-22-15-23-38-61/h15-35,37-50,68-77H,3-14,36,51-60H2,1-2H3/t68-,69-,70-,71-,72+,73+,74+,75-,76+,77-,79-/m1/s1. The lowest BCUT2D eigenvalue weighted by atomic mass is 9.91. The zero-order valence-electron chi connectivity index (χ0n) is 54.4. The van der Waals surface area contributed by atoms with Crippen LogP contribution < -0.4 is 0 Å². The van der Waals surface area contributed by atoms with Crippen molar-refractivity contribution in [1.29, 1.82) is 0 Å². The molecule has 0 aromatic heterocycles. The van der Waals surface area contributed by atoms with Crippen LogP contribution in [0.4, 0.5) is 0 Å². The van der Waals surface area contributed by atoms with Gasteiger partial charge in [-0.25, -0.2) is 4.79 Å². The van der Waals surface area contributed by atoms with E-state index < -0.39 is 70.8 Å². The maximum atomic E-state index is 15.7. The smallest absolute Gasteiger partial charge is 0.368 e. The van der Waals surface area contributed by atoms with Crippen LogP contribution in [-0.2, 0) is 108 Å². The van der Waals surface area contributed by atoms with Crippen LogP contribution in [0, 0.1) is 0 Å². The highest BCUT2D eigenvalue weighted by Gasteiger charge is 2.64. The van der Waals surface area contributed by atoms with Crippen LogP contribution in [0.5, 0.6) is 0 Å². The summed E-state index contributed by atoms with van der Waals surface area (Å²) in [5, 5.41) is 0. The van der Waals surface area contributed by atoms with Crippen molar-refractivity contribution in [1.82, 2.24) is 0 Å². The van der Waals surface area contributed by atoms with Crippen LogP contribution in [-0.4, -0.2) is 97.2 Å². The summed E-state index contributed by atoms with van der Waals surface area (Å²) in [7, 11) is 0. The van der Waals surface area contributed by atoms with E-state index in [0.717, 1.165) is 58.2 Å². The lowest BCUT2D eigenvalue weighted by Gasteiger charge is -2.51. The predicted molar refractivity (Wildman–Crippen MR) is 370 cm³/mol. The van der Waals surface area contributed by atoms with E-state index in [4.69, 9.17) is 56.8 Å². The van der Waals surface area contributed by atoms with Crippen LogP contribution in [0.15, 0.2) is 212 Å². The molecule has 93 heavy (non-hydrogen) atoms. The number of unbranched alkanes of at least 4 members (excludes halogenated alkanes) is 11. The molecule has 7 aromatic rings. The van der Waals surface area contributed by atoms with E-state index in [1.165, 1.54) is 57.8 Å². The number of rotatable bonds is 42. The van der Waals surface area contributed by atoms with E-state index in [-0.39, 0.29) is 66.1 Å². The number of hydrogen-bond acceptors (Lipinski definition) is 13. The van der Waals surface area contributed by atoms with Gasteiger partial charge in [-0.1, -0.05) is 312 Å². The number of carbonyl (C=O) groups excluding carboxylic acids is 1. The molecule has 2 aliphatic heterocycles. The van der Waals surface area contributed by atoms with Gasteiger partial charge in [0.1, 0.15) is 52.8 Å². The summed E-state index contributed by atoms with van der Waals surface area (Å²) in [5.41, 5.74) is 6.65. The number of hydrogen-bond donors (Lipinski definition) is 0. The third kappa shape index (κ3) is 23.0. The first-order valence-corrected chi connectivity index (χ1v) is 35.1. The highest BCUT2D eigenvalue weighted by atomic mass is 127. The molecule has 0 N–H and O–H groups in total. The maximum absolute atomic E-state index is 15.7. The zero-order chi connectivity index (χ0) is 64.4. The van der Waals surface area contributed by atoms with Crippen molar-refractivity contribution in [2.45, 2.75) is 202 Å². The molecule has 0 spiro atoms. The topological polar surface area (TPSA) is 128 Å². The Kier molecular flexibility index (Phi) is 31.3. The van der Waals surface area contributed by atoms with Gasteiger partial charge in [0.2, 0.25) is 0 Å². The van der Waals surface area contributed by atoms with Crippen LogP contribution in [0.1, 0.15) is 130 Å². The molecule has 0 amide bonds. The fraction of sp³-hybridized carbons (Fsp3) is 0.456. The van der Waals surface area contributed by atoms with Crippen molar-refractivity contribution in [2.24, 2.45) is 0 Å². The van der Waals surface area contributed by atoms with Gasteiger partial charge in [0.25, 0.3) is 5.79 Å². The van der Waals surface area contributed by atoms with E-state index in [1.807, 2.05) is 212 Å². The van der Waals surface area contributed by atoms with Gasteiger partial charge in [0, 0.05) is 6.61 Å². The van der Waals surface area contributed by atoms with Gasteiger partial charge in [-0.2, -0.15) is 0 Å². The van der Waals surface area contributed by atoms with E-state index in [0.29, 0.717) is 6.61 Å². The summed E-state index contributed by atoms with van der Waals surface area (Å²) >= 11 is 2.25. The second-order valence-electron chi connectivity index (χ2n) is 24.1. The molecule has 0 bridgehead atoms. The summed E-state index contributed by atoms with van der Waals surface area (Å²) in [5.74, 6) is -2.95. The molecule has 0 saturated carbocycles. The number of halogens is 1. The number of ether oxygens (including phenoxy) is 12. The highest BCUT2D eigenvalue weighted by molar-refractivity contribution is 14.1. The first kappa shape index (κ1) is 71.6. The number of benzene rings is 7. The SMILES string of the molecule is CCCCCCCCCCCCCCO[C@@H]1O[C@H](CO[C@@]2(C(=O)OCC)O[C@H]([C@@H](COCc3ccccc3)OCc3ccccc3)[C@H](OCc3ccccc3)[C@H](OCc3ccccc3)[C@@H]2I)[C@@H](OCc2ccccc2)[C@H](OCc2ccccc2)[C@H]1OCc1ccccc1. The normalized spacial score (nSPS) is 22.5. The van der Waals surface area contributed by atoms with E-state index in [2.05, 4.69) is 29.5 Å². The molecule has 14 heteroatoms. The third-order valence-electron chi connectivity index (χ3n) is 17.0. The number of carbonyl (C=O) groups is 1. The highest BCUT2D eigenvalue weighted by Crippen LogP contribution is 2.44. The van der Waals surface area contributed by atoms with E-state index >= 15 is 4.79 Å². The summed E-state index contributed by atoms with van der Waals surface area (Å²) in [6.07, 6.45) is 6.48. The Morgan fingerprint density at radius 1 is 0.430 bits per heavy atom. The molecule has 7 aromatic carbocycles. The fourth-order valence-electron chi connectivity index (χ4n) is 11.9. The molecule has 2 fully saturated rings. The summed E-state index contributed by atoms with van der Waals surface area (Å²) in [6, 6.07) is 70.0. The lowest BCUT2D eigenvalue weighted by Crippen LogP contribution is -2.71. The van der Waals surface area contributed by atoms with Gasteiger partial charge in [0.15, 0.2) is 6.29 Å². The number of alkyl halides is 1. The van der Waals surface area contributed by atoms with Crippen LogP contribution in [0.25, 0.3) is 0 Å². The second kappa shape index (κ2) is 40.6. The van der Waals surface area contributed by atoms with E-state index in [1.54, 1.807) is 6.92 Å². The zero-order valence-corrected chi connectivity index (χ0v) is 56.6. The Labute approximate surface area is 566 Å². The first-order valence-electron chi connectivity index (χ1n) is 33.9. The molecule has 2 heterocycles. The van der Waals surface area contributed by atoms with Gasteiger partial charge in [-0.15, -0.1) is 0 Å². The largest absolute Gasteiger partial charge is 0.462 e. The minimum absolute atomic E-state index is 0.0204. The van der Waals surface area contributed by atoms with Gasteiger partial charge >= 0.3 is 5.97 Å². The molecule has 2 saturated heterocycles. The van der Waals surface area contributed by atoms with Crippen LogP contribution in [0.2, 0.25) is 0 Å². The molecular weight excluding hydrogens is 1280 g/mol. The van der Waals surface area contributed by atoms with Crippen molar-refractivity contribution in [3.05, 3.63) is 251 Å². The Balaban J connectivity index is 1.08. The summed E-state index contributed by atoms with van der Waals surface area (Å²) < 4.78 is 83.7. The summed E-state index contributed by atoms with van der Waals surface area (Å²) in [6.45, 7) is 5.77. The van der Waals surface area contributed by atoms with Gasteiger partial charge < -0.3 is 56.8 Å². The van der Waals surface area contributed by atoms with Crippen molar-refractivity contribution in [3.63, 3.8) is 0 Å². The molecule has 11 atom stereocenters. The average molecular weight is 1380 g/mol. The minimum atomic E-state index is -2.19. The average Bonchev–Trinajstić information content (AvgIpc) is 0.774. The molecule has 0 radical (unpaired) electrons. The quantitative estimate of drug-likeness (QED) is 0.0156. The Bertz CT molecular complexity index is 3070. The van der Waals surface area contributed by atoms with Crippen molar-refractivity contribution in [3.8, 4) is 0 Å². The molecule has 2 aliphatic rings. The lowest BCUT2D eigenvalue weighted by molar-refractivity contribution is -0.357. The van der Waals surface area contributed by atoms with E-state index in [9.17, 15) is 0 Å². The van der Waals surface area contributed by atoms with Crippen molar-refractivity contribution >= 4 is 28.6 Å². The predicted octanol–water partition coefficient (Wildman–Crippen LogP) is 16.6. The summed E-state index contributed by atoms with van der Waals surface area (Å²) in [4.78, 5) is 15.7. The number of esters is 1. The first-order chi connectivity index (χ1) is 45.9. The minimum Gasteiger partial charge on any atom is -0.462 e. The third-order valence-corrected chi connectivity index (χ3v) is 18.5. The Hall–Kier alpha value is -5.70. The second-order valence-corrected chi connectivity index (χ2v) is 25.5. The Morgan fingerprint density at radius 2 is 0.806 bits per heavy atom. The fourth-order valence-corrected chi connectivity index (χ4v) is 13.1. The van der Waals surface area contributed by atoms with Gasteiger partial charge in [-0.05, 0) is 52.3 Å². The van der Waals surface area contributed by atoms with Crippen LogP contribution >= 0.6 is 22.6 Å². The Morgan fingerprint density at radius 3 is 1.25 bits per heavy atom. The van der Waals surface area contributed by atoms with Crippen molar-refractivity contribution < 1.29 is 61.6 Å². The van der Waals surface area contributed by atoms with Gasteiger partial charge in [-0.3, -0.25) is 0 Å². The molecular formula is C79H97IO13. The molecule has 0 unspecified atom stereocenters. The molecule has 498 valence electrons. The molecule has 13 nitrogen and oxygen atoms in total. The van der Waals surface area contributed by atoms with Gasteiger partial charge in [0.05, 0.1) is 66.1 Å². The van der Waals surface area contributed by atoms with Crippen molar-refractivity contribution in [2.75, 3.05) is 26.4 Å². The maximum Gasteiger partial charge on any atom is 0.368 e. The molecule has 0 aliphatic carbocycles. The van der Waals surface area contributed by atoms with Crippen LogP contribution in [0.3, 0.4) is 0 Å².